The van der Waals surface area contributed by atoms with Crippen molar-refractivity contribution in [1.82, 2.24) is 9.80 Å². The maximum atomic E-state index is 14.0. The first-order valence-electron chi connectivity index (χ1n) is 23.0. The van der Waals surface area contributed by atoms with Crippen LogP contribution in [0.15, 0.2) is 23.8 Å². The first-order chi connectivity index (χ1) is 28.8. The number of carbonyl (C=O) groups is 2. The molecule has 2 saturated heterocycles. The molecule has 0 amide bonds. The summed E-state index contributed by atoms with van der Waals surface area (Å²) in [6, 6.07) is -0.559. The number of piperidine rings is 1. The fourth-order valence-electron chi connectivity index (χ4n) is 10.5. The number of hydrogen-bond acceptors (Lipinski definition) is 14. The average Bonchev–Trinajstić information content (AvgIpc) is 3.19. The third-order valence-electron chi connectivity index (χ3n) is 14.0. The molecule has 4 N–H and O–H groups in total. The number of likely N-dealkylation sites (tertiary alicyclic amines) is 1. The zero-order valence-corrected chi connectivity index (χ0v) is 39.2. The highest BCUT2D eigenvalue weighted by atomic mass is 16.7. The van der Waals surface area contributed by atoms with Gasteiger partial charge in [-0.25, -0.2) is 0 Å². The number of aliphatic hydroxyl groups excluding tert-OH is 4. The van der Waals surface area contributed by atoms with Crippen molar-refractivity contribution in [3.05, 3.63) is 23.8 Å². The highest BCUT2D eigenvalue weighted by molar-refractivity contribution is 5.91. The van der Waals surface area contributed by atoms with Gasteiger partial charge in [-0.1, -0.05) is 59.3 Å². The second-order valence-electron chi connectivity index (χ2n) is 19.5. The van der Waals surface area contributed by atoms with Crippen LogP contribution in [-0.4, -0.2) is 170 Å². The molecule has 0 aromatic carbocycles. The van der Waals surface area contributed by atoms with Gasteiger partial charge in [-0.05, 0) is 96.3 Å². The monoisotopic (exact) mass is 867 g/mol. The summed E-state index contributed by atoms with van der Waals surface area (Å²) in [5.74, 6) is -1.30. The molecular formula is C47H82N2O12. The van der Waals surface area contributed by atoms with E-state index in [0.717, 1.165) is 25.2 Å². The number of rotatable bonds is 12. The van der Waals surface area contributed by atoms with Gasteiger partial charge in [-0.3, -0.25) is 9.59 Å². The lowest BCUT2D eigenvalue weighted by Gasteiger charge is -2.47. The van der Waals surface area contributed by atoms with E-state index in [1.54, 1.807) is 19.1 Å². The first-order valence-corrected chi connectivity index (χ1v) is 23.0. The predicted molar refractivity (Wildman–Crippen MR) is 232 cm³/mol. The van der Waals surface area contributed by atoms with Gasteiger partial charge in [0, 0.05) is 45.1 Å². The van der Waals surface area contributed by atoms with E-state index in [0.29, 0.717) is 37.5 Å². The van der Waals surface area contributed by atoms with Crippen molar-refractivity contribution in [3.63, 3.8) is 0 Å². The van der Waals surface area contributed by atoms with E-state index in [1.807, 2.05) is 59.7 Å². The number of allylic oxidation sites excluding steroid dienone is 3. The van der Waals surface area contributed by atoms with Crippen molar-refractivity contribution in [2.24, 2.45) is 41.4 Å². The largest absolute Gasteiger partial charge is 0.462 e. The average molecular weight is 867 g/mol. The molecule has 10 unspecified atom stereocenters. The fourth-order valence-corrected chi connectivity index (χ4v) is 10.5. The Hall–Kier alpha value is -1.82. The van der Waals surface area contributed by atoms with Gasteiger partial charge in [0.1, 0.15) is 24.4 Å². The van der Waals surface area contributed by atoms with Crippen molar-refractivity contribution in [3.8, 4) is 0 Å². The zero-order chi connectivity index (χ0) is 45.3. The van der Waals surface area contributed by atoms with Crippen LogP contribution in [0.1, 0.15) is 93.9 Å². The van der Waals surface area contributed by atoms with Crippen LogP contribution < -0.4 is 0 Å². The molecule has 0 bridgehead atoms. The van der Waals surface area contributed by atoms with Gasteiger partial charge < -0.3 is 58.6 Å². The third-order valence-corrected chi connectivity index (χ3v) is 14.0. The Bertz CT molecular complexity index is 1420. The molecule has 0 aromatic rings. The smallest absolute Gasteiger partial charge is 0.308 e. The quantitative estimate of drug-likeness (QED) is 0.207. The van der Waals surface area contributed by atoms with E-state index in [1.165, 1.54) is 20.6 Å². The van der Waals surface area contributed by atoms with E-state index in [-0.39, 0.29) is 30.6 Å². The third kappa shape index (κ3) is 13.8. The lowest BCUT2D eigenvalue weighted by Crippen LogP contribution is -2.60. The van der Waals surface area contributed by atoms with Gasteiger partial charge in [-0.15, -0.1) is 0 Å². The van der Waals surface area contributed by atoms with Crippen LogP contribution in [0.2, 0.25) is 0 Å². The van der Waals surface area contributed by atoms with Crippen molar-refractivity contribution >= 4 is 11.8 Å². The normalized spacial score (nSPS) is 43.0. The van der Waals surface area contributed by atoms with Crippen LogP contribution in [0.4, 0.5) is 0 Å². The summed E-state index contributed by atoms with van der Waals surface area (Å²) in [5.41, 5.74) is 0.778. The molecular weight excluding hydrogens is 785 g/mol. The molecule has 0 aromatic heterocycles. The minimum atomic E-state index is -1.16. The molecule has 3 fully saturated rings. The molecule has 14 nitrogen and oxygen atoms in total. The molecule has 3 aliphatic heterocycles. The van der Waals surface area contributed by atoms with Gasteiger partial charge in [0.15, 0.2) is 12.1 Å². The molecule has 3 heterocycles. The fraction of sp³-hybridized carbons (Fsp3) is 0.872. The Morgan fingerprint density at radius 3 is 2.11 bits per heavy atom. The summed E-state index contributed by atoms with van der Waals surface area (Å²) >= 11 is 0. The maximum absolute atomic E-state index is 14.0. The Balaban J connectivity index is 1.68. The number of carbonyl (C=O) groups excluding carboxylic acids is 2. The van der Waals surface area contributed by atoms with Crippen molar-refractivity contribution in [2.45, 2.75) is 167 Å². The number of likely N-dealkylation sites (N-methyl/N-ethyl adjacent to an activating group) is 1. The highest BCUT2D eigenvalue weighted by Crippen LogP contribution is 2.37. The Morgan fingerprint density at radius 2 is 1.51 bits per heavy atom. The number of cyclic esters (lactones) is 1. The minimum absolute atomic E-state index is 0.0397. The molecule has 352 valence electrons. The van der Waals surface area contributed by atoms with E-state index in [9.17, 15) is 30.0 Å². The molecule has 4 rings (SSSR count). The molecule has 19 atom stereocenters. The van der Waals surface area contributed by atoms with E-state index in [4.69, 9.17) is 28.4 Å². The Labute approximate surface area is 366 Å². The summed E-state index contributed by atoms with van der Waals surface area (Å²) in [7, 11) is 6.66. The van der Waals surface area contributed by atoms with E-state index < -0.39 is 97.1 Å². The van der Waals surface area contributed by atoms with Crippen LogP contribution in [0.25, 0.3) is 0 Å². The van der Waals surface area contributed by atoms with Crippen molar-refractivity contribution < 1.29 is 58.4 Å². The summed E-state index contributed by atoms with van der Waals surface area (Å²) in [5, 5.41) is 45.5. The van der Waals surface area contributed by atoms with Gasteiger partial charge in [0.05, 0.1) is 55.7 Å². The van der Waals surface area contributed by atoms with Crippen LogP contribution in [-0.2, 0) is 38.0 Å². The number of hydrogen-bond donors (Lipinski definition) is 4. The summed E-state index contributed by atoms with van der Waals surface area (Å²) in [4.78, 5) is 32.2. The van der Waals surface area contributed by atoms with Crippen LogP contribution in [0, 0.1) is 41.4 Å². The lowest BCUT2D eigenvalue weighted by molar-refractivity contribution is -0.304. The molecule has 0 radical (unpaired) electrons. The predicted octanol–water partition coefficient (Wildman–Crippen LogP) is 4.01. The van der Waals surface area contributed by atoms with Crippen molar-refractivity contribution in [1.29, 1.82) is 0 Å². The number of ketones is 1. The molecule has 1 saturated carbocycles. The van der Waals surface area contributed by atoms with Crippen LogP contribution >= 0.6 is 0 Å². The summed E-state index contributed by atoms with van der Waals surface area (Å²) in [6.07, 6.45) is -0.454. The van der Waals surface area contributed by atoms with Gasteiger partial charge in [0.25, 0.3) is 0 Å². The zero-order valence-electron chi connectivity index (χ0n) is 39.2. The number of methoxy groups -OCH3 is 2. The topological polar surface area (TPSA) is 177 Å². The SMILES string of the molecule is CC[C@H]1OC(=O)C[C@@H](O)[C@H](C)[C@@H](OC2CC(C)C(O)C(N(C)C)C2O)[C@@H](CCN2C[C@@H](C)C[C@H](C)C2)C[C@@H](C)C(=O)C=CC(C)=C[C@@H]1COC1OC(C)C(O)C(OC)C1OC. The van der Waals surface area contributed by atoms with Crippen molar-refractivity contribution in [2.75, 3.05) is 54.6 Å². The lowest BCUT2D eigenvalue weighted by atomic mass is 9.77. The minimum Gasteiger partial charge on any atom is -0.462 e. The summed E-state index contributed by atoms with van der Waals surface area (Å²) in [6.45, 7) is 18.7. The molecule has 61 heavy (non-hydrogen) atoms. The van der Waals surface area contributed by atoms with Gasteiger partial charge in [0.2, 0.25) is 0 Å². The van der Waals surface area contributed by atoms with E-state index >= 15 is 0 Å². The Morgan fingerprint density at radius 1 is 0.852 bits per heavy atom. The number of esters is 1. The second-order valence-corrected chi connectivity index (χ2v) is 19.5. The molecule has 4 aliphatic rings. The molecule has 1 aliphatic carbocycles. The number of ether oxygens (including phenoxy) is 6. The number of aliphatic hydroxyl groups is 4. The van der Waals surface area contributed by atoms with E-state index in [2.05, 4.69) is 18.7 Å². The van der Waals surface area contributed by atoms with Crippen LogP contribution in [0.5, 0.6) is 0 Å². The second kappa shape index (κ2) is 23.9. The highest BCUT2D eigenvalue weighted by Gasteiger charge is 2.47. The Kier molecular flexibility index (Phi) is 20.3. The standard InChI is InChI=1S/C47H82N2O12/c1-13-37-34(25-58-47-46(57-12)45(56-11)42(54)32(8)59-47)19-26(2)14-15-35(50)29(5)20-33(16-17-49-23-27(3)18-28(4)24-49)44(31(7)36(51)22-39(52)60-37)61-38-21-30(6)41(53)40(43(38)55)48(9)10/h14-15,19,27-34,36-38,40-47,51,53-55H,13,16-18,20-25H2,1-12H3/t27-,28-,29+,30?,31-,32?,33-,34+,36+,37+,38?,40?,41?,42?,43?,44+,45?,46?,47?/m0/s1. The van der Waals surface area contributed by atoms with Gasteiger partial charge >= 0.3 is 5.97 Å². The van der Waals surface area contributed by atoms with Crippen LogP contribution in [0.3, 0.4) is 0 Å². The summed E-state index contributed by atoms with van der Waals surface area (Å²) < 4.78 is 36.8. The van der Waals surface area contributed by atoms with Gasteiger partial charge in [-0.2, -0.15) is 0 Å². The molecule has 14 heteroatoms. The number of nitrogens with zero attached hydrogens (tertiary/aromatic N) is 2. The maximum Gasteiger partial charge on any atom is 0.308 e. The first kappa shape index (κ1) is 51.8. The molecule has 0 spiro atoms.